The van der Waals surface area contributed by atoms with E-state index in [-0.39, 0.29) is 4.90 Å². The second-order valence-electron chi connectivity index (χ2n) is 4.68. The van der Waals surface area contributed by atoms with E-state index in [2.05, 4.69) is 8.75 Å². The van der Waals surface area contributed by atoms with Crippen molar-refractivity contribution in [2.45, 2.75) is 18.4 Å². The Labute approximate surface area is 131 Å². The van der Waals surface area contributed by atoms with E-state index in [1.165, 1.54) is 4.31 Å². The highest BCUT2D eigenvalue weighted by molar-refractivity contribution is 7.89. The first kappa shape index (κ1) is 14.6. The molecule has 0 saturated heterocycles. The van der Waals surface area contributed by atoms with Gasteiger partial charge in [0.05, 0.1) is 11.7 Å². The Morgan fingerprint density at radius 2 is 2.05 bits per heavy atom. The molecule has 1 aromatic carbocycles. The fourth-order valence-electron chi connectivity index (χ4n) is 2.01. The van der Waals surface area contributed by atoms with E-state index in [4.69, 9.17) is 0 Å². The van der Waals surface area contributed by atoms with Crippen LogP contribution in [-0.2, 0) is 16.6 Å². The van der Waals surface area contributed by atoms with E-state index in [1.54, 1.807) is 36.6 Å². The fourth-order valence-corrected chi connectivity index (χ4v) is 4.94. The average molecular weight is 339 g/mol. The molecule has 0 amide bonds. The first-order valence-corrected chi connectivity index (χ1v) is 9.26. The van der Waals surface area contributed by atoms with E-state index in [0.29, 0.717) is 17.6 Å². The van der Waals surface area contributed by atoms with Crippen molar-refractivity contribution in [2.75, 3.05) is 7.05 Å². The molecule has 2 heterocycles. The van der Waals surface area contributed by atoms with Crippen LogP contribution in [0.15, 0.2) is 34.5 Å². The molecule has 0 aliphatic heterocycles. The van der Waals surface area contributed by atoms with Gasteiger partial charge in [-0.05, 0) is 36.1 Å². The van der Waals surface area contributed by atoms with Gasteiger partial charge in [-0.1, -0.05) is 6.07 Å². The van der Waals surface area contributed by atoms with Crippen LogP contribution in [0, 0.1) is 6.92 Å². The Morgan fingerprint density at radius 1 is 1.24 bits per heavy atom. The van der Waals surface area contributed by atoms with Crippen molar-refractivity contribution in [3.63, 3.8) is 0 Å². The van der Waals surface area contributed by atoms with Gasteiger partial charge in [-0.3, -0.25) is 0 Å². The third kappa shape index (κ3) is 2.59. The number of hydrogen-bond donors (Lipinski definition) is 0. The van der Waals surface area contributed by atoms with Gasteiger partial charge < -0.3 is 0 Å². The Balaban J connectivity index is 2.00. The number of hydrogen-bond acceptors (Lipinski definition) is 6. The summed E-state index contributed by atoms with van der Waals surface area (Å²) in [5.74, 6) is 0. The molecule has 0 aliphatic carbocycles. The Morgan fingerprint density at radius 3 is 2.76 bits per heavy atom. The lowest BCUT2D eigenvalue weighted by atomic mass is 10.3. The zero-order valence-corrected chi connectivity index (χ0v) is 13.9. The van der Waals surface area contributed by atoms with Crippen LogP contribution >= 0.6 is 23.1 Å². The highest BCUT2D eigenvalue weighted by atomic mass is 32.2. The van der Waals surface area contributed by atoms with Crippen LogP contribution in [0.2, 0.25) is 0 Å². The standard InChI is InChI=1S/C13H13N3O2S3/c1-9-6-7-19-11(9)8-16(2)21(17,18)12-5-3-4-10-13(12)15-20-14-10/h3-7H,8H2,1-2H3. The third-order valence-electron chi connectivity index (χ3n) is 3.27. The van der Waals surface area contributed by atoms with Crippen LogP contribution in [0.5, 0.6) is 0 Å². The minimum Gasteiger partial charge on any atom is -0.207 e. The van der Waals surface area contributed by atoms with Crippen LogP contribution < -0.4 is 0 Å². The summed E-state index contributed by atoms with van der Waals surface area (Å²) >= 11 is 2.58. The van der Waals surface area contributed by atoms with Crippen molar-refractivity contribution in [3.8, 4) is 0 Å². The highest BCUT2D eigenvalue weighted by Gasteiger charge is 2.25. The number of nitrogens with zero attached hydrogens (tertiary/aromatic N) is 3. The van der Waals surface area contributed by atoms with Crippen LogP contribution in [0.3, 0.4) is 0 Å². The lowest BCUT2D eigenvalue weighted by Crippen LogP contribution is -2.26. The monoisotopic (exact) mass is 339 g/mol. The molecule has 0 spiro atoms. The topological polar surface area (TPSA) is 63.2 Å². The fraction of sp³-hybridized carbons (Fsp3) is 0.231. The first-order valence-electron chi connectivity index (χ1n) is 6.21. The summed E-state index contributed by atoms with van der Waals surface area (Å²) < 4.78 is 35.1. The molecule has 21 heavy (non-hydrogen) atoms. The molecule has 0 radical (unpaired) electrons. The SMILES string of the molecule is Cc1ccsc1CN(C)S(=O)(=O)c1cccc2nsnc12. The number of benzene rings is 1. The van der Waals surface area contributed by atoms with Crippen LogP contribution in [-0.4, -0.2) is 28.5 Å². The minimum atomic E-state index is -3.58. The predicted octanol–water partition coefficient (Wildman–Crippen LogP) is 2.88. The van der Waals surface area contributed by atoms with Gasteiger partial charge in [-0.25, -0.2) is 8.42 Å². The Bertz CT molecular complexity index is 883. The maximum Gasteiger partial charge on any atom is 0.245 e. The largest absolute Gasteiger partial charge is 0.245 e. The molecule has 3 aromatic rings. The lowest BCUT2D eigenvalue weighted by Gasteiger charge is -2.17. The van der Waals surface area contributed by atoms with Crippen molar-refractivity contribution < 1.29 is 8.42 Å². The second kappa shape index (κ2) is 5.45. The lowest BCUT2D eigenvalue weighted by molar-refractivity contribution is 0.469. The molecule has 5 nitrogen and oxygen atoms in total. The van der Waals surface area contributed by atoms with E-state index in [9.17, 15) is 8.42 Å². The van der Waals surface area contributed by atoms with Crippen molar-refractivity contribution in [3.05, 3.63) is 40.1 Å². The smallest absolute Gasteiger partial charge is 0.207 e. The average Bonchev–Trinajstić information content (AvgIpc) is 3.07. The summed E-state index contributed by atoms with van der Waals surface area (Å²) in [6.07, 6.45) is 0. The molecule has 8 heteroatoms. The van der Waals surface area contributed by atoms with Gasteiger partial charge >= 0.3 is 0 Å². The van der Waals surface area contributed by atoms with Crippen LogP contribution in [0.4, 0.5) is 0 Å². The quantitative estimate of drug-likeness (QED) is 0.733. The van der Waals surface area contributed by atoms with Crippen molar-refractivity contribution in [1.29, 1.82) is 0 Å². The first-order chi connectivity index (χ1) is 10.00. The molecule has 3 rings (SSSR count). The Hall–Kier alpha value is -1.35. The van der Waals surface area contributed by atoms with Gasteiger partial charge in [0.1, 0.15) is 15.9 Å². The number of sulfonamides is 1. The maximum atomic E-state index is 12.7. The summed E-state index contributed by atoms with van der Waals surface area (Å²) in [4.78, 5) is 1.26. The van der Waals surface area contributed by atoms with E-state index >= 15 is 0 Å². The molecule has 0 fully saturated rings. The number of aromatic nitrogens is 2. The number of thiophene rings is 1. The predicted molar refractivity (Wildman–Crippen MR) is 85.1 cm³/mol. The molecular formula is C13H13N3O2S3. The highest BCUT2D eigenvalue weighted by Crippen LogP contribution is 2.26. The molecule has 0 bridgehead atoms. The minimum absolute atomic E-state index is 0.213. The van der Waals surface area contributed by atoms with Crippen molar-refractivity contribution in [1.82, 2.24) is 13.1 Å². The normalized spacial score (nSPS) is 12.3. The van der Waals surface area contributed by atoms with Crippen LogP contribution in [0.1, 0.15) is 10.4 Å². The third-order valence-corrected chi connectivity index (χ3v) is 6.66. The molecule has 110 valence electrons. The summed E-state index contributed by atoms with van der Waals surface area (Å²) in [5.41, 5.74) is 2.16. The molecular weight excluding hydrogens is 326 g/mol. The number of aryl methyl sites for hydroxylation is 1. The van der Waals surface area contributed by atoms with Crippen molar-refractivity contribution in [2.24, 2.45) is 0 Å². The molecule has 2 aromatic heterocycles. The Kier molecular flexibility index (Phi) is 3.78. The van der Waals surface area contributed by atoms with Crippen LogP contribution in [0.25, 0.3) is 11.0 Å². The van der Waals surface area contributed by atoms with Gasteiger partial charge in [0.25, 0.3) is 0 Å². The molecule has 0 atom stereocenters. The number of fused-ring (bicyclic) bond motifs is 1. The summed E-state index contributed by atoms with van der Waals surface area (Å²) in [6, 6.07) is 7.03. The van der Waals surface area contributed by atoms with Gasteiger partial charge in [0.15, 0.2) is 0 Å². The van der Waals surface area contributed by atoms with E-state index in [0.717, 1.165) is 22.2 Å². The van der Waals surface area contributed by atoms with E-state index in [1.807, 2.05) is 18.4 Å². The summed E-state index contributed by atoms with van der Waals surface area (Å²) in [6.45, 7) is 2.34. The molecule has 0 unspecified atom stereocenters. The second-order valence-corrected chi connectivity index (χ2v) is 8.22. The van der Waals surface area contributed by atoms with Gasteiger partial charge in [0, 0.05) is 18.5 Å². The van der Waals surface area contributed by atoms with Gasteiger partial charge in [0.2, 0.25) is 10.0 Å². The van der Waals surface area contributed by atoms with E-state index < -0.39 is 10.0 Å². The summed E-state index contributed by atoms with van der Waals surface area (Å²) in [7, 11) is -1.99. The maximum absolute atomic E-state index is 12.7. The number of rotatable bonds is 4. The molecule has 0 saturated carbocycles. The molecule has 0 aliphatic rings. The zero-order chi connectivity index (χ0) is 15.0. The zero-order valence-electron chi connectivity index (χ0n) is 11.5. The summed E-state index contributed by atoms with van der Waals surface area (Å²) in [5, 5.41) is 1.97. The van der Waals surface area contributed by atoms with Gasteiger partial charge in [-0.15, -0.1) is 11.3 Å². The molecule has 0 N–H and O–H groups in total. The van der Waals surface area contributed by atoms with Gasteiger partial charge in [-0.2, -0.15) is 13.1 Å². The van der Waals surface area contributed by atoms with Crippen molar-refractivity contribution >= 4 is 44.1 Å².